The Kier molecular flexibility index (Phi) is 4.55. The van der Waals surface area contributed by atoms with Gasteiger partial charge in [0.05, 0.1) is 0 Å². The maximum Gasteiger partial charge on any atom is 0.125 e. The van der Waals surface area contributed by atoms with Crippen molar-refractivity contribution in [2.24, 2.45) is 0 Å². The van der Waals surface area contributed by atoms with E-state index in [1.807, 2.05) is 6.07 Å². The zero-order valence-corrected chi connectivity index (χ0v) is 10.1. The highest BCUT2D eigenvalue weighted by atomic mass is 35.5. The SMILES string of the molecule is CC[C@@H](NC(C)C)c1cc(F)cc(Cl)c1. The Morgan fingerprint density at radius 1 is 1.33 bits per heavy atom. The monoisotopic (exact) mass is 229 g/mol. The van der Waals surface area contributed by atoms with Crippen LogP contribution in [0.25, 0.3) is 0 Å². The van der Waals surface area contributed by atoms with Crippen molar-refractivity contribution in [1.82, 2.24) is 5.32 Å². The highest BCUT2D eigenvalue weighted by Gasteiger charge is 2.11. The molecule has 1 aromatic rings. The fourth-order valence-electron chi connectivity index (χ4n) is 1.63. The van der Waals surface area contributed by atoms with Crippen LogP contribution in [0.15, 0.2) is 18.2 Å². The van der Waals surface area contributed by atoms with E-state index in [4.69, 9.17) is 11.6 Å². The molecule has 0 aromatic heterocycles. The zero-order chi connectivity index (χ0) is 11.4. The van der Waals surface area contributed by atoms with Crippen LogP contribution in [-0.4, -0.2) is 6.04 Å². The summed E-state index contributed by atoms with van der Waals surface area (Å²) in [4.78, 5) is 0. The first-order valence-corrected chi connectivity index (χ1v) is 5.62. The van der Waals surface area contributed by atoms with E-state index in [0.29, 0.717) is 11.1 Å². The van der Waals surface area contributed by atoms with Gasteiger partial charge in [-0.25, -0.2) is 4.39 Å². The van der Waals surface area contributed by atoms with Crippen LogP contribution < -0.4 is 5.32 Å². The van der Waals surface area contributed by atoms with Gasteiger partial charge in [0.2, 0.25) is 0 Å². The van der Waals surface area contributed by atoms with Crippen LogP contribution in [0.1, 0.15) is 38.8 Å². The molecular weight excluding hydrogens is 213 g/mol. The third kappa shape index (κ3) is 3.80. The summed E-state index contributed by atoms with van der Waals surface area (Å²) in [6, 6.07) is 5.21. The van der Waals surface area contributed by atoms with E-state index in [-0.39, 0.29) is 11.9 Å². The quantitative estimate of drug-likeness (QED) is 0.825. The first-order chi connectivity index (χ1) is 7.02. The van der Waals surface area contributed by atoms with Gasteiger partial charge in [-0.05, 0) is 30.2 Å². The van der Waals surface area contributed by atoms with E-state index in [1.165, 1.54) is 12.1 Å². The Bertz CT molecular complexity index is 305. The maximum atomic E-state index is 13.1. The average Bonchev–Trinajstić information content (AvgIpc) is 2.12. The van der Waals surface area contributed by atoms with Gasteiger partial charge in [0, 0.05) is 17.1 Å². The normalized spacial score (nSPS) is 13.2. The fraction of sp³-hybridized carbons (Fsp3) is 0.500. The number of hydrogen-bond acceptors (Lipinski definition) is 1. The molecule has 15 heavy (non-hydrogen) atoms. The molecule has 0 spiro atoms. The van der Waals surface area contributed by atoms with Crippen LogP contribution in [0.5, 0.6) is 0 Å². The predicted octanol–water partition coefficient (Wildman–Crippen LogP) is 3.93. The van der Waals surface area contributed by atoms with Gasteiger partial charge < -0.3 is 5.32 Å². The lowest BCUT2D eigenvalue weighted by atomic mass is 10.0. The van der Waals surface area contributed by atoms with E-state index in [2.05, 4.69) is 26.1 Å². The molecule has 0 saturated carbocycles. The molecule has 0 aliphatic carbocycles. The molecule has 84 valence electrons. The summed E-state index contributed by atoms with van der Waals surface area (Å²) in [6.45, 7) is 6.21. The van der Waals surface area contributed by atoms with Crippen molar-refractivity contribution in [3.8, 4) is 0 Å². The summed E-state index contributed by atoms with van der Waals surface area (Å²) in [6.07, 6.45) is 0.915. The predicted molar refractivity (Wildman–Crippen MR) is 62.7 cm³/mol. The van der Waals surface area contributed by atoms with Crippen LogP contribution in [0, 0.1) is 5.82 Å². The van der Waals surface area contributed by atoms with Gasteiger partial charge in [0.15, 0.2) is 0 Å². The highest BCUT2D eigenvalue weighted by molar-refractivity contribution is 6.30. The summed E-state index contributed by atoms with van der Waals surface area (Å²) >= 11 is 5.82. The van der Waals surface area contributed by atoms with E-state index in [0.717, 1.165) is 12.0 Å². The summed E-state index contributed by atoms with van der Waals surface area (Å²) < 4.78 is 13.1. The molecule has 3 heteroatoms. The summed E-state index contributed by atoms with van der Waals surface area (Å²) in [5.74, 6) is -0.276. The molecule has 1 aromatic carbocycles. The third-order valence-corrected chi connectivity index (χ3v) is 2.45. The lowest BCUT2D eigenvalue weighted by Gasteiger charge is -2.20. The molecule has 1 rings (SSSR count). The molecular formula is C12H17ClFN. The highest BCUT2D eigenvalue weighted by Crippen LogP contribution is 2.22. The van der Waals surface area contributed by atoms with E-state index < -0.39 is 0 Å². The molecule has 1 nitrogen and oxygen atoms in total. The van der Waals surface area contributed by atoms with Gasteiger partial charge in [0.25, 0.3) is 0 Å². The van der Waals surface area contributed by atoms with Crippen molar-refractivity contribution in [3.63, 3.8) is 0 Å². The summed E-state index contributed by atoms with van der Waals surface area (Å²) in [5, 5.41) is 3.83. The topological polar surface area (TPSA) is 12.0 Å². The Balaban J connectivity index is 2.91. The molecule has 0 heterocycles. The maximum absolute atomic E-state index is 13.1. The van der Waals surface area contributed by atoms with Crippen LogP contribution >= 0.6 is 11.6 Å². The minimum atomic E-state index is -0.276. The lowest BCUT2D eigenvalue weighted by molar-refractivity contribution is 0.464. The molecule has 0 unspecified atom stereocenters. The van der Waals surface area contributed by atoms with Crippen LogP contribution in [0.2, 0.25) is 5.02 Å². The average molecular weight is 230 g/mol. The zero-order valence-electron chi connectivity index (χ0n) is 9.35. The molecule has 0 radical (unpaired) electrons. The Hall–Kier alpha value is -0.600. The van der Waals surface area contributed by atoms with Crippen molar-refractivity contribution >= 4 is 11.6 Å². The van der Waals surface area contributed by atoms with Crippen LogP contribution in [0.4, 0.5) is 4.39 Å². The molecule has 0 aliphatic heterocycles. The molecule has 0 saturated heterocycles. The lowest BCUT2D eigenvalue weighted by Crippen LogP contribution is -2.27. The summed E-state index contributed by atoms with van der Waals surface area (Å²) in [7, 11) is 0. The van der Waals surface area contributed by atoms with Crippen molar-refractivity contribution in [1.29, 1.82) is 0 Å². The van der Waals surface area contributed by atoms with Crippen molar-refractivity contribution in [3.05, 3.63) is 34.6 Å². The van der Waals surface area contributed by atoms with E-state index in [9.17, 15) is 4.39 Å². The van der Waals surface area contributed by atoms with E-state index in [1.54, 1.807) is 0 Å². The van der Waals surface area contributed by atoms with Crippen LogP contribution in [-0.2, 0) is 0 Å². The van der Waals surface area contributed by atoms with Gasteiger partial charge in [0.1, 0.15) is 5.82 Å². The van der Waals surface area contributed by atoms with E-state index >= 15 is 0 Å². The van der Waals surface area contributed by atoms with Gasteiger partial charge >= 0.3 is 0 Å². The van der Waals surface area contributed by atoms with Crippen molar-refractivity contribution in [2.75, 3.05) is 0 Å². The second-order valence-electron chi connectivity index (χ2n) is 3.98. The number of rotatable bonds is 4. The minimum Gasteiger partial charge on any atom is -0.308 e. The smallest absolute Gasteiger partial charge is 0.125 e. The third-order valence-electron chi connectivity index (χ3n) is 2.23. The van der Waals surface area contributed by atoms with Crippen molar-refractivity contribution < 1.29 is 4.39 Å². The van der Waals surface area contributed by atoms with Gasteiger partial charge in [-0.1, -0.05) is 32.4 Å². The van der Waals surface area contributed by atoms with Crippen LogP contribution in [0.3, 0.4) is 0 Å². The van der Waals surface area contributed by atoms with Gasteiger partial charge in [-0.2, -0.15) is 0 Å². The Morgan fingerprint density at radius 2 is 2.00 bits per heavy atom. The molecule has 0 amide bonds. The molecule has 1 N–H and O–H groups in total. The van der Waals surface area contributed by atoms with Crippen molar-refractivity contribution in [2.45, 2.75) is 39.3 Å². The molecule has 0 fully saturated rings. The molecule has 1 atom stereocenters. The second-order valence-corrected chi connectivity index (χ2v) is 4.42. The van der Waals surface area contributed by atoms with Gasteiger partial charge in [-0.15, -0.1) is 0 Å². The van der Waals surface area contributed by atoms with Gasteiger partial charge in [-0.3, -0.25) is 0 Å². The number of nitrogens with one attached hydrogen (secondary N) is 1. The second kappa shape index (κ2) is 5.47. The Labute approximate surface area is 95.6 Å². The summed E-state index contributed by atoms with van der Waals surface area (Å²) in [5.41, 5.74) is 0.913. The Morgan fingerprint density at radius 3 is 2.47 bits per heavy atom. The number of hydrogen-bond donors (Lipinski definition) is 1. The fourth-order valence-corrected chi connectivity index (χ4v) is 1.86. The minimum absolute atomic E-state index is 0.165. The first kappa shape index (κ1) is 12.5. The molecule has 0 bridgehead atoms. The number of halogens is 2. The first-order valence-electron chi connectivity index (χ1n) is 5.25. The largest absolute Gasteiger partial charge is 0.308 e. The molecule has 0 aliphatic rings. The standard InChI is InChI=1S/C12H17ClFN/c1-4-12(15-8(2)3)9-5-10(13)7-11(14)6-9/h5-8,12,15H,4H2,1-3H3/t12-/m1/s1. The number of benzene rings is 1.